The van der Waals surface area contributed by atoms with Crippen LogP contribution in [0.15, 0.2) is 12.3 Å². The highest BCUT2D eigenvalue weighted by molar-refractivity contribution is 6.31. The van der Waals surface area contributed by atoms with E-state index in [0.717, 1.165) is 25.1 Å². The quantitative estimate of drug-likeness (QED) is 0.764. The molecule has 14 heavy (non-hydrogen) atoms. The summed E-state index contributed by atoms with van der Waals surface area (Å²) in [6, 6.07) is 1.85. The molecule has 0 amide bonds. The van der Waals surface area contributed by atoms with Gasteiger partial charge < -0.3 is 10.1 Å². The van der Waals surface area contributed by atoms with E-state index in [1.807, 2.05) is 6.07 Å². The maximum Gasteiger partial charge on any atom is 0.213 e. The third-order valence-corrected chi connectivity index (χ3v) is 2.20. The summed E-state index contributed by atoms with van der Waals surface area (Å²) in [6.07, 6.45) is 2.73. The molecule has 1 aromatic heterocycles. The SMILES string of the molecule is CCCNCc1cc(OC)ncc1Cl. The number of aromatic nitrogens is 1. The Hall–Kier alpha value is -0.800. The van der Waals surface area contributed by atoms with E-state index in [1.54, 1.807) is 13.3 Å². The van der Waals surface area contributed by atoms with E-state index in [9.17, 15) is 0 Å². The van der Waals surface area contributed by atoms with Crippen LogP contribution in [0.2, 0.25) is 5.02 Å². The number of hydrogen-bond donors (Lipinski definition) is 1. The average Bonchev–Trinajstić information content (AvgIpc) is 2.21. The Kier molecular flexibility index (Phi) is 4.70. The molecule has 0 saturated heterocycles. The summed E-state index contributed by atoms with van der Waals surface area (Å²) in [6.45, 7) is 3.87. The van der Waals surface area contributed by atoms with Crippen LogP contribution in [0.4, 0.5) is 0 Å². The van der Waals surface area contributed by atoms with Gasteiger partial charge in [-0.05, 0) is 18.5 Å². The zero-order chi connectivity index (χ0) is 10.4. The van der Waals surface area contributed by atoms with Gasteiger partial charge in [-0.15, -0.1) is 0 Å². The van der Waals surface area contributed by atoms with Gasteiger partial charge >= 0.3 is 0 Å². The summed E-state index contributed by atoms with van der Waals surface area (Å²) in [4.78, 5) is 4.00. The third kappa shape index (κ3) is 3.16. The molecule has 0 fully saturated rings. The number of pyridine rings is 1. The van der Waals surface area contributed by atoms with Crippen LogP contribution in [0.3, 0.4) is 0 Å². The highest BCUT2D eigenvalue weighted by atomic mass is 35.5. The lowest BCUT2D eigenvalue weighted by molar-refractivity contribution is 0.397. The summed E-state index contributed by atoms with van der Waals surface area (Å²) in [5.74, 6) is 0.600. The fraction of sp³-hybridized carbons (Fsp3) is 0.500. The van der Waals surface area contributed by atoms with E-state index in [1.165, 1.54) is 0 Å². The minimum absolute atomic E-state index is 0.600. The molecule has 1 heterocycles. The Bertz CT molecular complexity index is 291. The normalized spacial score (nSPS) is 10.2. The molecule has 1 N–H and O–H groups in total. The highest BCUT2D eigenvalue weighted by Crippen LogP contribution is 2.18. The second-order valence-corrected chi connectivity index (χ2v) is 3.40. The summed E-state index contributed by atoms with van der Waals surface area (Å²) in [5, 5.41) is 3.95. The average molecular weight is 215 g/mol. The van der Waals surface area contributed by atoms with Gasteiger partial charge in [0.1, 0.15) is 0 Å². The molecule has 0 bridgehead atoms. The molecule has 0 aliphatic heterocycles. The maximum atomic E-state index is 5.97. The number of hydrogen-bond acceptors (Lipinski definition) is 3. The van der Waals surface area contributed by atoms with Crippen LogP contribution in [-0.2, 0) is 6.54 Å². The smallest absolute Gasteiger partial charge is 0.213 e. The fourth-order valence-electron chi connectivity index (χ4n) is 1.11. The van der Waals surface area contributed by atoms with E-state index in [0.29, 0.717) is 10.9 Å². The lowest BCUT2D eigenvalue weighted by atomic mass is 10.2. The molecule has 1 aromatic rings. The predicted molar refractivity (Wildman–Crippen MR) is 57.8 cm³/mol. The van der Waals surface area contributed by atoms with Crippen molar-refractivity contribution in [3.8, 4) is 5.88 Å². The van der Waals surface area contributed by atoms with Crippen LogP contribution >= 0.6 is 11.6 Å². The van der Waals surface area contributed by atoms with Gasteiger partial charge in [-0.1, -0.05) is 18.5 Å². The fourth-order valence-corrected chi connectivity index (χ4v) is 1.28. The van der Waals surface area contributed by atoms with Crippen LogP contribution in [0.5, 0.6) is 5.88 Å². The lowest BCUT2D eigenvalue weighted by Crippen LogP contribution is -2.14. The molecule has 3 nitrogen and oxygen atoms in total. The third-order valence-electron chi connectivity index (χ3n) is 1.86. The molecule has 78 valence electrons. The van der Waals surface area contributed by atoms with Gasteiger partial charge in [-0.2, -0.15) is 0 Å². The Morgan fingerprint density at radius 1 is 1.57 bits per heavy atom. The van der Waals surface area contributed by atoms with Crippen LogP contribution in [-0.4, -0.2) is 18.6 Å². The van der Waals surface area contributed by atoms with Gasteiger partial charge in [-0.3, -0.25) is 0 Å². The molecular weight excluding hydrogens is 200 g/mol. The van der Waals surface area contributed by atoms with Crippen molar-refractivity contribution in [2.75, 3.05) is 13.7 Å². The summed E-state index contributed by atoms with van der Waals surface area (Å²) in [7, 11) is 1.60. The Labute approximate surface area is 89.4 Å². The van der Waals surface area contributed by atoms with Crippen molar-refractivity contribution in [3.05, 3.63) is 22.8 Å². The van der Waals surface area contributed by atoms with Crippen LogP contribution in [0.25, 0.3) is 0 Å². The number of nitrogens with one attached hydrogen (secondary N) is 1. The Morgan fingerprint density at radius 2 is 2.36 bits per heavy atom. The molecule has 0 atom stereocenters. The number of nitrogens with zero attached hydrogens (tertiary/aromatic N) is 1. The van der Waals surface area contributed by atoms with Crippen molar-refractivity contribution in [1.29, 1.82) is 0 Å². The molecule has 0 aromatic carbocycles. The van der Waals surface area contributed by atoms with Gasteiger partial charge in [0.2, 0.25) is 5.88 Å². The number of rotatable bonds is 5. The molecule has 1 rings (SSSR count). The van der Waals surface area contributed by atoms with Gasteiger partial charge in [0.15, 0.2) is 0 Å². The number of ether oxygens (including phenoxy) is 1. The summed E-state index contributed by atoms with van der Waals surface area (Å²) < 4.78 is 5.02. The molecular formula is C10H15ClN2O. The predicted octanol–water partition coefficient (Wildman–Crippen LogP) is 2.24. The maximum absolute atomic E-state index is 5.97. The summed E-state index contributed by atoms with van der Waals surface area (Å²) in [5.41, 5.74) is 1.02. The van der Waals surface area contributed by atoms with E-state index >= 15 is 0 Å². The van der Waals surface area contributed by atoms with E-state index in [4.69, 9.17) is 16.3 Å². The topological polar surface area (TPSA) is 34.1 Å². The van der Waals surface area contributed by atoms with Gasteiger partial charge in [0.25, 0.3) is 0 Å². The van der Waals surface area contributed by atoms with Crippen LogP contribution < -0.4 is 10.1 Å². The first-order valence-corrected chi connectivity index (χ1v) is 5.04. The van der Waals surface area contributed by atoms with Gasteiger partial charge in [-0.25, -0.2) is 4.98 Å². The van der Waals surface area contributed by atoms with Gasteiger partial charge in [0.05, 0.1) is 12.1 Å². The highest BCUT2D eigenvalue weighted by Gasteiger charge is 2.02. The first kappa shape index (κ1) is 11.3. The van der Waals surface area contributed by atoms with Gasteiger partial charge in [0, 0.05) is 18.8 Å². The largest absolute Gasteiger partial charge is 0.481 e. The summed E-state index contributed by atoms with van der Waals surface area (Å²) >= 11 is 5.97. The first-order valence-electron chi connectivity index (χ1n) is 4.67. The minimum atomic E-state index is 0.600. The van der Waals surface area contributed by atoms with E-state index in [-0.39, 0.29) is 0 Å². The van der Waals surface area contributed by atoms with Crippen LogP contribution in [0.1, 0.15) is 18.9 Å². The standard InChI is InChI=1S/C10H15ClN2O/c1-3-4-12-6-8-5-10(14-2)13-7-9(8)11/h5,7,12H,3-4,6H2,1-2H3. The van der Waals surface area contributed by atoms with Crippen molar-refractivity contribution in [2.24, 2.45) is 0 Å². The monoisotopic (exact) mass is 214 g/mol. The van der Waals surface area contributed by atoms with Crippen LogP contribution in [0, 0.1) is 0 Å². The molecule has 0 radical (unpaired) electrons. The van der Waals surface area contributed by atoms with Crippen molar-refractivity contribution in [3.63, 3.8) is 0 Å². The van der Waals surface area contributed by atoms with E-state index in [2.05, 4.69) is 17.2 Å². The second-order valence-electron chi connectivity index (χ2n) is 2.99. The Morgan fingerprint density at radius 3 is 3.00 bits per heavy atom. The first-order chi connectivity index (χ1) is 6.77. The minimum Gasteiger partial charge on any atom is -0.481 e. The van der Waals surface area contributed by atoms with Crippen molar-refractivity contribution in [2.45, 2.75) is 19.9 Å². The lowest BCUT2D eigenvalue weighted by Gasteiger charge is -2.06. The molecule has 4 heteroatoms. The number of halogens is 1. The molecule has 0 aliphatic rings. The molecule has 0 spiro atoms. The zero-order valence-electron chi connectivity index (χ0n) is 8.51. The molecule has 0 unspecified atom stereocenters. The van der Waals surface area contributed by atoms with Crippen molar-refractivity contribution in [1.82, 2.24) is 10.3 Å². The van der Waals surface area contributed by atoms with Crippen molar-refractivity contribution >= 4 is 11.6 Å². The number of methoxy groups -OCH3 is 1. The zero-order valence-corrected chi connectivity index (χ0v) is 9.27. The molecule has 0 saturated carbocycles. The second kappa shape index (κ2) is 5.83. The Balaban J connectivity index is 2.64. The van der Waals surface area contributed by atoms with Crippen molar-refractivity contribution < 1.29 is 4.74 Å². The molecule has 0 aliphatic carbocycles. The van der Waals surface area contributed by atoms with E-state index < -0.39 is 0 Å².